The highest BCUT2D eigenvalue weighted by Gasteiger charge is 1.94. The molecular formula is C7H9NOS. The van der Waals surface area contributed by atoms with Crippen LogP contribution in [0.2, 0.25) is 0 Å². The third kappa shape index (κ3) is 1.57. The number of hydrogen-bond acceptors (Lipinski definition) is 2. The van der Waals surface area contributed by atoms with Crippen LogP contribution in [-0.4, -0.2) is 10.5 Å². The van der Waals surface area contributed by atoms with E-state index in [2.05, 4.69) is 0 Å². The summed E-state index contributed by atoms with van der Waals surface area (Å²) >= 11 is 0. The van der Waals surface area contributed by atoms with Gasteiger partial charge in [-0.15, -0.1) is 0 Å². The molecule has 1 atom stereocenters. The Morgan fingerprint density at radius 3 is 2.60 bits per heavy atom. The first-order valence-electron chi connectivity index (χ1n) is 2.89. The lowest BCUT2D eigenvalue weighted by Gasteiger charge is -1.95. The summed E-state index contributed by atoms with van der Waals surface area (Å²) in [6.45, 7) is 0. The van der Waals surface area contributed by atoms with Gasteiger partial charge in [-0.3, -0.25) is 4.21 Å². The molecule has 0 aromatic heterocycles. The average molecular weight is 155 g/mol. The fraction of sp³-hybridized carbons (Fsp3) is 0.143. The lowest BCUT2D eigenvalue weighted by atomic mass is 10.3. The van der Waals surface area contributed by atoms with E-state index in [-0.39, 0.29) is 0 Å². The predicted molar refractivity (Wildman–Crippen MR) is 43.2 cm³/mol. The molecule has 2 nitrogen and oxygen atoms in total. The highest BCUT2D eigenvalue weighted by Crippen LogP contribution is 2.08. The molecule has 0 radical (unpaired) electrons. The van der Waals surface area contributed by atoms with Gasteiger partial charge in [-0.05, 0) is 18.2 Å². The smallest absolute Gasteiger partial charge is 0.0498 e. The van der Waals surface area contributed by atoms with Crippen LogP contribution in [0.5, 0.6) is 0 Å². The molecule has 2 N–H and O–H groups in total. The molecule has 1 aromatic carbocycles. The molecule has 0 bridgehead atoms. The van der Waals surface area contributed by atoms with Gasteiger partial charge in [-0.25, -0.2) is 0 Å². The fourth-order valence-electron chi connectivity index (χ4n) is 0.693. The first-order valence-corrected chi connectivity index (χ1v) is 4.45. The summed E-state index contributed by atoms with van der Waals surface area (Å²) in [4.78, 5) is 0.778. The van der Waals surface area contributed by atoms with Gasteiger partial charge in [0.25, 0.3) is 0 Å². The van der Waals surface area contributed by atoms with Crippen molar-refractivity contribution in [1.82, 2.24) is 0 Å². The molecule has 0 aliphatic heterocycles. The molecule has 0 aliphatic carbocycles. The molecular weight excluding hydrogens is 146 g/mol. The van der Waals surface area contributed by atoms with Gasteiger partial charge in [0.1, 0.15) is 0 Å². The standard InChI is InChI=1S/C7H9NOS/c1-10(9)7-4-2-3-6(8)5-7/h2-5H,8H2,1H3/t10-/m0/s1. The van der Waals surface area contributed by atoms with Crippen LogP contribution < -0.4 is 5.73 Å². The van der Waals surface area contributed by atoms with Crippen molar-refractivity contribution < 1.29 is 4.21 Å². The van der Waals surface area contributed by atoms with E-state index >= 15 is 0 Å². The normalized spacial score (nSPS) is 12.9. The molecule has 0 unspecified atom stereocenters. The topological polar surface area (TPSA) is 43.1 Å². The molecule has 0 saturated carbocycles. The molecule has 0 amide bonds. The van der Waals surface area contributed by atoms with Crippen molar-refractivity contribution >= 4 is 16.5 Å². The van der Waals surface area contributed by atoms with Gasteiger partial charge >= 0.3 is 0 Å². The monoisotopic (exact) mass is 155 g/mol. The highest BCUT2D eigenvalue weighted by atomic mass is 32.2. The van der Waals surface area contributed by atoms with Gasteiger partial charge in [0.15, 0.2) is 0 Å². The SMILES string of the molecule is C[S@](=O)c1cccc(N)c1. The largest absolute Gasteiger partial charge is 0.399 e. The second-order valence-electron chi connectivity index (χ2n) is 2.03. The molecule has 0 heterocycles. The minimum Gasteiger partial charge on any atom is -0.399 e. The average Bonchev–Trinajstić information content (AvgIpc) is 1.88. The Hall–Kier alpha value is -0.830. The maximum atomic E-state index is 10.9. The Morgan fingerprint density at radius 2 is 2.20 bits per heavy atom. The predicted octanol–water partition coefficient (Wildman–Crippen LogP) is 1.01. The van der Waals surface area contributed by atoms with Crippen molar-refractivity contribution in [3.63, 3.8) is 0 Å². The van der Waals surface area contributed by atoms with E-state index < -0.39 is 10.8 Å². The van der Waals surface area contributed by atoms with E-state index in [9.17, 15) is 4.21 Å². The van der Waals surface area contributed by atoms with Gasteiger partial charge in [-0.1, -0.05) is 6.07 Å². The lowest BCUT2D eigenvalue weighted by molar-refractivity contribution is 0.687. The fourth-order valence-corrected chi connectivity index (χ4v) is 1.27. The van der Waals surface area contributed by atoms with E-state index in [0.29, 0.717) is 5.69 Å². The third-order valence-electron chi connectivity index (χ3n) is 1.19. The van der Waals surface area contributed by atoms with Crippen molar-refractivity contribution in [2.75, 3.05) is 12.0 Å². The van der Waals surface area contributed by atoms with Gasteiger partial charge in [0.2, 0.25) is 0 Å². The minimum atomic E-state index is -0.919. The molecule has 1 rings (SSSR count). The molecule has 0 aliphatic rings. The van der Waals surface area contributed by atoms with E-state index in [1.54, 1.807) is 30.5 Å². The second-order valence-corrected chi connectivity index (χ2v) is 3.41. The Bertz CT molecular complexity index is 260. The summed E-state index contributed by atoms with van der Waals surface area (Å²) in [6.07, 6.45) is 1.63. The Labute approximate surface area is 62.5 Å². The number of nitrogen functional groups attached to an aromatic ring is 1. The molecule has 54 valence electrons. The van der Waals surface area contributed by atoms with Crippen LogP contribution in [0.3, 0.4) is 0 Å². The van der Waals surface area contributed by atoms with Crippen molar-refractivity contribution in [3.8, 4) is 0 Å². The van der Waals surface area contributed by atoms with Crippen molar-refractivity contribution in [3.05, 3.63) is 24.3 Å². The summed E-state index contributed by atoms with van der Waals surface area (Å²) in [7, 11) is -0.919. The zero-order valence-corrected chi connectivity index (χ0v) is 6.52. The van der Waals surface area contributed by atoms with Crippen LogP contribution in [0.1, 0.15) is 0 Å². The van der Waals surface area contributed by atoms with E-state index in [4.69, 9.17) is 5.73 Å². The summed E-state index contributed by atoms with van der Waals surface area (Å²) in [6, 6.07) is 7.09. The quantitative estimate of drug-likeness (QED) is 0.615. The van der Waals surface area contributed by atoms with Gasteiger partial charge < -0.3 is 5.73 Å². The third-order valence-corrected chi connectivity index (χ3v) is 2.11. The Morgan fingerprint density at radius 1 is 1.50 bits per heavy atom. The minimum absolute atomic E-state index is 0.660. The van der Waals surface area contributed by atoms with Crippen LogP contribution in [0, 0.1) is 0 Å². The maximum absolute atomic E-state index is 10.9. The molecule has 3 heteroatoms. The first-order chi connectivity index (χ1) is 4.70. The first kappa shape index (κ1) is 7.28. The number of rotatable bonds is 1. The second kappa shape index (κ2) is 2.84. The zero-order valence-electron chi connectivity index (χ0n) is 5.70. The van der Waals surface area contributed by atoms with Crippen LogP contribution in [0.4, 0.5) is 5.69 Å². The molecule has 0 saturated heterocycles. The summed E-state index contributed by atoms with van der Waals surface area (Å²) < 4.78 is 10.9. The van der Waals surface area contributed by atoms with Crippen LogP contribution >= 0.6 is 0 Å². The molecule has 10 heavy (non-hydrogen) atoms. The molecule has 1 aromatic rings. The summed E-state index contributed by atoms with van der Waals surface area (Å²) in [5, 5.41) is 0. The number of nitrogens with two attached hydrogens (primary N) is 1. The van der Waals surface area contributed by atoms with Crippen LogP contribution in [-0.2, 0) is 10.8 Å². The van der Waals surface area contributed by atoms with Crippen molar-refractivity contribution in [1.29, 1.82) is 0 Å². The number of hydrogen-bond donors (Lipinski definition) is 1. The van der Waals surface area contributed by atoms with Gasteiger partial charge in [0.05, 0.1) is 0 Å². The van der Waals surface area contributed by atoms with E-state index in [1.807, 2.05) is 0 Å². The Kier molecular flexibility index (Phi) is 2.06. The molecule has 0 spiro atoms. The van der Waals surface area contributed by atoms with Crippen molar-refractivity contribution in [2.24, 2.45) is 0 Å². The van der Waals surface area contributed by atoms with E-state index in [1.165, 1.54) is 0 Å². The number of anilines is 1. The zero-order chi connectivity index (χ0) is 7.56. The van der Waals surface area contributed by atoms with Crippen molar-refractivity contribution in [2.45, 2.75) is 4.90 Å². The lowest BCUT2D eigenvalue weighted by Crippen LogP contribution is -1.89. The van der Waals surface area contributed by atoms with Crippen LogP contribution in [0.15, 0.2) is 29.2 Å². The molecule has 0 fully saturated rings. The van der Waals surface area contributed by atoms with Crippen LogP contribution in [0.25, 0.3) is 0 Å². The van der Waals surface area contributed by atoms with Gasteiger partial charge in [-0.2, -0.15) is 0 Å². The maximum Gasteiger partial charge on any atom is 0.0498 e. The van der Waals surface area contributed by atoms with Gasteiger partial charge in [0, 0.05) is 27.6 Å². The summed E-state index contributed by atoms with van der Waals surface area (Å²) in [5.74, 6) is 0. The summed E-state index contributed by atoms with van der Waals surface area (Å²) in [5.41, 5.74) is 6.12. The van der Waals surface area contributed by atoms with E-state index in [0.717, 1.165) is 4.90 Å². The number of benzene rings is 1. The highest BCUT2D eigenvalue weighted by molar-refractivity contribution is 7.84. The Balaban J connectivity index is 3.07.